The second-order valence-electron chi connectivity index (χ2n) is 5.33. The highest BCUT2D eigenvalue weighted by atomic mass is 79.9. The van der Waals surface area contributed by atoms with E-state index in [0.29, 0.717) is 19.0 Å². The van der Waals surface area contributed by atoms with Crippen LogP contribution in [0.5, 0.6) is 0 Å². The van der Waals surface area contributed by atoms with E-state index in [4.69, 9.17) is 4.42 Å². The van der Waals surface area contributed by atoms with Gasteiger partial charge in [-0.3, -0.25) is 9.48 Å². The number of carbonyl (C=O) groups excluding carboxylic acids is 1. The van der Waals surface area contributed by atoms with Gasteiger partial charge in [-0.25, -0.2) is 0 Å². The van der Waals surface area contributed by atoms with Crippen LogP contribution in [0.3, 0.4) is 0 Å². The molecule has 0 atom stereocenters. The summed E-state index contributed by atoms with van der Waals surface area (Å²) in [5.74, 6) is -0.149. The molecule has 0 bridgehead atoms. The second-order valence-corrected chi connectivity index (χ2v) is 6.24. The lowest BCUT2D eigenvalue weighted by Crippen LogP contribution is -2.28. The van der Waals surface area contributed by atoms with Gasteiger partial charge in [0.1, 0.15) is 0 Å². The maximum atomic E-state index is 12.1. The van der Waals surface area contributed by atoms with Gasteiger partial charge in [-0.15, -0.1) is 10.2 Å². The first-order valence-corrected chi connectivity index (χ1v) is 8.21. The minimum Gasteiger partial charge on any atom is -0.412 e. The summed E-state index contributed by atoms with van der Waals surface area (Å²) in [5, 5.41) is 14.8. The summed E-state index contributed by atoms with van der Waals surface area (Å²) < 4.78 is 8.18. The van der Waals surface area contributed by atoms with Crippen molar-refractivity contribution in [3.05, 3.63) is 52.1 Å². The van der Waals surface area contributed by atoms with Gasteiger partial charge in [0.15, 0.2) is 0 Å². The number of aryl methyl sites for hydroxylation is 2. The van der Waals surface area contributed by atoms with Crippen LogP contribution >= 0.6 is 15.9 Å². The summed E-state index contributed by atoms with van der Waals surface area (Å²) in [6.07, 6.45) is 0. The smallest absolute Gasteiger partial charge is 0.308 e. The third-order valence-electron chi connectivity index (χ3n) is 3.40. The molecule has 1 amide bonds. The molecule has 3 rings (SSSR count). The van der Waals surface area contributed by atoms with Crippen molar-refractivity contribution in [2.75, 3.05) is 6.54 Å². The Labute approximate surface area is 147 Å². The zero-order valence-corrected chi connectivity index (χ0v) is 14.9. The van der Waals surface area contributed by atoms with Crippen LogP contribution in [-0.4, -0.2) is 32.4 Å². The fraction of sp³-hybridized carbons (Fsp3) is 0.250. The molecule has 2 heterocycles. The van der Waals surface area contributed by atoms with Crippen molar-refractivity contribution in [1.82, 2.24) is 25.3 Å². The Morgan fingerprint density at radius 3 is 2.83 bits per heavy atom. The van der Waals surface area contributed by atoms with Crippen LogP contribution < -0.4 is 5.32 Å². The Morgan fingerprint density at radius 1 is 1.29 bits per heavy atom. The molecule has 0 aliphatic heterocycles. The summed E-state index contributed by atoms with van der Waals surface area (Å²) in [7, 11) is 0. The van der Waals surface area contributed by atoms with E-state index < -0.39 is 5.91 Å². The van der Waals surface area contributed by atoms with Crippen molar-refractivity contribution < 1.29 is 9.21 Å². The van der Waals surface area contributed by atoms with Gasteiger partial charge in [0, 0.05) is 22.3 Å². The quantitative estimate of drug-likeness (QED) is 0.724. The van der Waals surface area contributed by atoms with Gasteiger partial charge >= 0.3 is 11.8 Å². The van der Waals surface area contributed by atoms with Crippen LogP contribution in [-0.2, 0) is 6.54 Å². The summed E-state index contributed by atoms with van der Waals surface area (Å²) in [6, 6.07) is 9.43. The number of rotatable bonds is 5. The van der Waals surface area contributed by atoms with Gasteiger partial charge in [-0.1, -0.05) is 22.0 Å². The normalized spacial score (nSPS) is 10.8. The summed E-state index contributed by atoms with van der Waals surface area (Å²) in [4.78, 5) is 12.1. The van der Waals surface area contributed by atoms with Crippen molar-refractivity contribution in [2.45, 2.75) is 20.4 Å². The predicted octanol–water partition coefficient (Wildman–Crippen LogP) is 2.74. The average molecular weight is 390 g/mol. The topological polar surface area (TPSA) is 85.8 Å². The second kappa shape index (κ2) is 6.96. The van der Waals surface area contributed by atoms with Gasteiger partial charge in [0.2, 0.25) is 5.89 Å². The zero-order chi connectivity index (χ0) is 17.1. The third-order valence-corrected chi connectivity index (χ3v) is 3.90. The minimum atomic E-state index is -0.398. The number of amides is 1. The van der Waals surface area contributed by atoms with Gasteiger partial charge in [0.25, 0.3) is 0 Å². The molecule has 0 aliphatic carbocycles. The Morgan fingerprint density at radius 2 is 2.12 bits per heavy atom. The average Bonchev–Trinajstić information content (AvgIpc) is 3.14. The molecule has 7 nitrogen and oxygen atoms in total. The van der Waals surface area contributed by atoms with Crippen LogP contribution in [0.4, 0.5) is 0 Å². The molecule has 1 N–H and O–H groups in total. The summed E-state index contributed by atoms with van der Waals surface area (Å²) in [6.45, 7) is 4.92. The molecular weight excluding hydrogens is 374 g/mol. The maximum absolute atomic E-state index is 12.1. The minimum absolute atomic E-state index is 0.0571. The molecule has 3 aromatic rings. The number of carbonyl (C=O) groups is 1. The molecule has 24 heavy (non-hydrogen) atoms. The molecule has 0 fully saturated rings. The number of halogens is 1. The standard InChI is InChI=1S/C16H16BrN5O2/c1-10-8-11(2)22(21-10)7-6-18-14(23)16-20-19-15(24-16)12-4-3-5-13(17)9-12/h3-5,8-9H,6-7H2,1-2H3,(H,18,23). The van der Waals surface area contributed by atoms with E-state index in [1.807, 2.05) is 48.9 Å². The van der Waals surface area contributed by atoms with E-state index in [1.54, 1.807) is 0 Å². The van der Waals surface area contributed by atoms with E-state index >= 15 is 0 Å². The van der Waals surface area contributed by atoms with E-state index in [2.05, 4.69) is 36.5 Å². The van der Waals surface area contributed by atoms with Gasteiger partial charge in [-0.05, 0) is 38.1 Å². The van der Waals surface area contributed by atoms with E-state index in [0.717, 1.165) is 21.4 Å². The Balaban J connectivity index is 1.61. The van der Waals surface area contributed by atoms with Crippen LogP contribution in [0.1, 0.15) is 22.1 Å². The SMILES string of the molecule is Cc1cc(C)n(CCNC(=O)c2nnc(-c3cccc(Br)c3)o2)n1. The Bertz CT molecular complexity index is 871. The van der Waals surface area contributed by atoms with Crippen LogP contribution in [0, 0.1) is 13.8 Å². The van der Waals surface area contributed by atoms with Crippen molar-refractivity contribution in [3.8, 4) is 11.5 Å². The largest absolute Gasteiger partial charge is 0.412 e. The van der Waals surface area contributed by atoms with Crippen LogP contribution in [0.15, 0.2) is 39.2 Å². The molecule has 0 radical (unpaired) electrons. The number of nitrogens with zero attached hydrogens (tertiary/aromatic N) is 4. The third kappa shape index (κ3) is 3.70. The zero-order valence-electron chi connectivity index (χ0n) is 13.3. The fourth-order valence-electron chi connectivity index (χ4n) is 2.31. The molecule has 2 aromatic heterocycles. The Kier molecular flexibility index (Phi) is 4.75. The lowest BCUT2D eigenvalue weighted by molar-refractivity contribution is 0.0918. The molecule has 0 spiro atoms. The highest BCUT2D eigenvalue weighted by molar-refractivity contribution is 9.10. The predicted molar refractivity (Wildman–Crippen MR) is 91.5 cm³/mol. The van der Waals surface area contributed by atoms with Crippen LogP contribution in [0.25, 0.3) is 11.5 Å². The van der Waals surface area contributed by atoms with Gasteiger partial charge in [-0.2, -0.15) is 5.10 Å². The number of aromatic nitrogens is 4. The monoisotopic (exact) mass is 389 g/mol. The first kappa shape index (κ1) is 16.4. The van der Waals surface area contributed by atoms with Gasteiger partial charge < -0.3 is 9.73 Å². The lowest BCUT2D eigenvalue weighted by atomic mass is 10.2. The number of nitrogens with one attached hydrogen (secondary N) is 1. The summed E-state index contributed by atoms with van der Waals surface area (Å²) >= 11 is 3.38. The van der Waals surface area contributed by atoms with E-state index in [-0.39, 0.29) is 5.89 Å². The molecular formula is C16H16BrN5O2. The summed E-state index contributed by atoms with van der Waals surface area (Å²) in [5.41, 5.74) is 2.75. The van der Waals surface area contributed by atoms with E-state index in [1.165, 1.54) is 0 Å². The number of benzene rings is 1. The number of hydrogen-bond acceptors (Lipinski definition) is 5. The molecule has 124 valence electrons. The maximum Gasteiger partial charge on any atom is 0.308 e. The first-order valence-electron chi connectivity index (χ1n) is 7.41. The molecule has 0 unspecified atom stereocenters. The van der Waals surface area contributed by atoms with Crippen molar-refractivity contribution in [3.63, 3.8) is 0 Å². The molecule has 0 saturated heterocycles. The van der Waals surface area contributed by atoms with Crippen molar-refractivity contribution in [2.24, 2.45) is 0 Å². The fourth-order valence-corrected chi connectivity index (χ4v) is 2.70. The van der Waals surface area contributed by atoms with Crippen molar-refractivity contribution in [1.29, 1.82) is 0 Å². The van der Waals surface area contributed by atoms with E-state index in [9.17, 15) is 4.79 Å². The van der Waals surface area contributed by atoms with Crippen LogP contribution in [0.2, 0.25) is 0 Å². The first-order chi connectivity index (χ1) is 11.5. The molecule has 1 aromatic carbocycles. The molecule has 0 aliphatic rings. The Hall–Kier alpha value is -2.48. The highest BCUT2D eigenvalue weighted by Crippen LogP contribution is 2.21. The molecule has 0 saturated carbocycles. The number of hydrogen-bond donors (Lipinski definition) is 1. The highest BCUT2D eigenvalue weighted by Gasteiger charge is 2.15. The molecule has 8 heteroatoms. The van der Waals surface area contributed by atoms with Crippen molar-refractivity contribution >= 4 is 21.8 Å². The lowest BCUT2D eigenvalue weighted by Gasteiger charge is -2.04. The van der Waals surface area contributed by atoms with Gasteiger partial charge in [0.05, 0.1) is 12.2 Å².